The van der Waals surface area contributed by atoms with Gasteiger partial charge in [-0.05, 0) is 60.0 Å². The maximum Gasteiger partial charge on any atom is 0.306 e. The predicted octanol–water partition coefficient (Wildman–Crippen LogP) is 5.75. The van der Waals surface area contributed by atoms with Gasteiger partial charge >= 0.3 is 5.97 Å². The summed E-state index contributed by atoms with van der Waals surface area (Å²) in [5, 5.41) is 20.1. The fraction of sp³-hybridized carbons (Fsp3) is 0.333. The second kappa shape index (κ2) is 11.3. The van der Waals surface area contributed by atoms with E-state index < -0.39 is 5.97 Å². The Hall–Kier alpha value is -2.80. The number of nitrogens with zero attached hydrogens (tertiary/aromatic N) is 2. The van der Waals surface area contributed by atoms with Crippen LogP contribution in [0.2, 0.25) is 10.0 Å². The summed E-state index contributed by atoms with van der Waals surface area (Å²) >= 11 is 12.8. The third-order valence-corrected chi connectivity index (χ3v) is 7.56. The first-order valence-corrected chi connectivity index (χ1v) is 12.4. The van der Waals surface area contributed by atoms with Crippen LogP contribution in [0, 0.1) is 5.92 Å². The van der Waals surface area contributed by atoms with E-state index in [0.717, 1.165) is 51.3 Å². The quantitative estimate of drug-likeness (QED) is 0.422. The van der Waals surface area contributed by atoms with Crippen molar-refractivity contribution in [2.45, 2.75) is 25.3 Å². The Balaban J connectivity index is 0.000000917. The van der Waals surface area contributed by atoms with E-state index in [2.05, 4.69) is 46.2 Å². The van der Waals surface area contributed by atoms with Crippen LogP contribution in [0.1, 0.15) is 29.9 Å². The molecule has 35 heavy (non-hydrogen) atoms. The van der Waals surface area contributed by atoms with Crippen molar-refractivity contribution in [3.8, 4) is 0 Å². The number of carbonyl (C=O) groups is 2. The molecule has 2 heterocycles. The molecule has 0 aromatic heterocycles. The third-order valence-electron chi connectivity index (χ3n) is 6.95. The molecule has 8 heteroatoms. The molecule has 0 spiro atoms. The zero-order valence-corrected chi connectivity index (χ0v) is 20.8. The topological polar surface area (TPSA) is 81.1 Å². The summed E-state index contributed by atoms with van der Waals surface area (Å²) in [5.41, 5.74) is 3.61. The molecule has 2 aliphatic rings. The van der Waals surface area contributed by atoms with Crippen LogP contribution in [0.5, 0.6) is 0 Å². The van der Waals surface area contributed by atoms with Crippen molar-refractivity contribution in [3.05, 3.63) is 75.8 Å². The second-order valence-corrected chi connectivity index (χ2v) is 9.84. The largest absolute Gasteiger partial charge is 0.483 e. The maximum atomic E-state index is 11.2. The van der Waals surface area contributed by atoms with Gasteiger partial charge in [0.05, 0.1) is 21.7 Å². The Morgan fingerprint density at radius 3 is 2.14 bits per heavy atom. The lowest BCUT2D eigenvalue weighted by Crippen LogP contribution is -2.45. The SMILES string of the molecule is O=C(O)C1CCN(Cc2ccc(C3CN(c4c(Cl)cccc4Cl)C3)c3ccccc23)CC1.O=CO. The number of anilines is 1. The summed E-state index contributed by atoms with van der Waals surface area (Å²) < 4.78 is 0. The van der Waals surface area contributed by atoms with Crippen molar-refractivity contribution in [1.82, 2.24) is 4.90 Å². The molecule has 0 atom stereocenters. The van der Waals surface area contributed by atoms with Gasteiger partial charge in [-0.25, -0.2) is 0 Å². The zero-order chi connectivity index (χ0) is 24.9. The second-order valence-electron chi connectivity index (χ2n) is 9.03. The average Bonchev–Trinajstić information content (AvgIpc) is 2.82. The summed E-state index contributed by atoms with van der Waals surface area (Å²) in [6, 6.07) is 18.8. The molecule has 2 aliphatic heterocycles. The van der Waals surface area contributed by atoms with Crippen LogP contribution in [0.4, 0.5) is 5.69 Å². The van der Waals surface area contributed by atoms with Gasteiger partial charge in [-0.3, -0.25) is 14.5 Å². The minimum absolute atomic E-state index is 0.196. The lowest BCUT2D eigenvalue weighted by atomic mass is 9.86. The first-order valence-electron chi connectivity index (χ1n) is 11.7. The molecular formula is C27H28Cl2N2O4. The smallest absolute Gasteiger partial charge is 0.306 e. The summed E-state index contributed by atoms with van der Waals surface area (Å²) in [6.45, 7) is 4.08. The highest BCUT2D eigenvalue weighted by molar-refractivity contribution is 6.39. The number of hydrogen-bond donors (Lipinski definition) is 2. The minimum Gasteiger partial charge on any atom is -0.483 e. The van der Waals surface area contributed by atoms with Gasteiger partial charge in [-0.15, -0.1) is 0 Å². The van der Waals surface area contributed by atoms with Crippen molar-refractivity contribution in [1.29, 1.82) is 0 Å². The molecule has 6 nitrogen and oxygen atoms in total. The Bertz CT molecular complexity index is 1180. The van der Waals surface area contributed by atoms with E-state index in [1.54, 1.807) is 0 Å². The van der Waals surface area contributed by atoms with Gasteiger partial charge in [0, 0.05) is 25.6 Å². The maximum absolute atomic E-state index is 11.2. The fourth-order valence-electron chi connectivity index (χ4n) is 5.11. The molecule has 0 saturated carbocycles. The summed E-state index contributed by atoms with van der Waals surface area (Å²) in [4.78, 5) is 24.2. The zero-order valence-electron chi connectivity index (χ0n) is 19.2. The molecule has 0 bridgehead atoms. The van der Waals surface area contributed by atoms with Crippen molar-refractivity contribution in [2.24, 2.45) is 5.92 Å². The Morgan fingerprint density at radius 2 is 1.54 bits per heavy atom. The third kappa shape index (κ3) is 5.56. The number of likely N-dealkylation sites (tertiary alicyclic amines) is 1. The predicted molar refractivity (Wildman–Crippen MR) is 140 cm³/mol. The molecular weight excluding hydrogens is 487 g/mol. The molecule has 2 saturated heterocycles. The van der Waals surface area contributed by atoms with E-state index in [-0.39, 0.29) is 12.4 Å². The first kappa shape index (κ1) is 25.3. The average molecular weight is 515 g/mol. The van der Waals surface area contributed by atoms with Gasteiger partial charge in [0.1, 0.15) is 0 Å². The van der Waals surface area contributed by atoms with Crippen LogP contribution in [0.15, 0.2) is 54.6 Å². The van der Waals surface area contributed by atoms with Gasteiger partial charge in [-0.1, -0.05) is 65.7 Å². The highest BCUT2D eigenvalue weighted by Crippen LogP contribution is 2.41. The van der Waals surface area contributed by atoms with Gasteiger partial charge < -0.3 is 15.1 Å². The van der Waals surface area contributed by atoms with Crippen LogP contribution in [-0.4, -0.2) is 53.7 Å². The van der Waals surface area contributed by atoms with Crippen LogP contribution in [0.3, 0.4) is 0 Å². The standard InChI is InChI=1S/C26H26Cl2N2O2.CH2O2/c27-23-6-3-7-24(28)25(23)30-15-19(16-30)21-9-8-18(20-4-1-2-5-22(20)21)14-29-12-10-17(11-13-29)26(31)32;2-1-3/h1-9,17,19H,10-16H2,(H,31,32);1H,(H,2,3). The molecule has 2 fully saturated rings. The van der Waals surface area contributed by atoms with Crippen LogP contribution in [0.25, 0.3) is 10.8 Å². The molecule has 0 amide bonds. The summed E-state index contributed by atoms with van der Waals surface area (Å²) in [6.07, 6.45) is 1.46. The van der Waals surface area contributed by atoms with Crippen LogP contribution in [-0.2, 0) is 16.1 Å². The summed E-state index contributed by atoms with van der Waals surface area (Å²) in [7, 11) is 0. The molecule has 0 aliphatic carbocycles. The Labute approximate surface area is 214 Å². The number of benzene rings is 3. The van der Waals surface area contributed by atoms with Gasteiger partial charge in [-0.2, -0.15) is 0 Å². The fourth-order valence-corrected chi connectivity index (χ4v) is 5.74. The number of aliphatic carboxylic acids is 1. The van der Waals surface area contributed by atoms with Gasteiger partial charge in [0.15, 0.2) is 0 Å². The van der Waals surface area contributed by atoms with E-state index in [1.165, 1.54) is 21.9 Å². The van der Waals surface area contributed by atoms with E-state index >= 15 is 0 Å². The number of rotatable bonds is 5. The van der Waals surface area contributed by atoms with Crippen molar-refractivity contribution in [3.63, 3.8) is 0 Å². The van der Waals surface area contributed by atoms with Gasteiger partial charge in [0.2, 0.25) is 0 Å². The monoisotopic (exact) mass is 514 g/mol. The lowest BCUT2D eigenvalue weighted by Gasteiger charge is -2.42. The van der Waals surface area contributed by atoms with E-state index in [0.29, 0.717) is 16.0 Å². The number of hydrogen-bond acceptors (Lipinski definition) is 4. The number of para-hydroxylation sites is 1. The molecule has 0 radical (unpaired) electrons. The highest BCUT2D eigenvalue weighted by atomic mass is 35.5. The van der Waals surface area contributed by atoms with E-state index in [1.807, 2.05) is 18.2 Å². The Kier molecular flexibility index (Phi) is 8.16. The Morgan fingerprint density at radius 1 is 0.943 bits per heavy atom. The number of halogens is 2. The lowest BCUT2D eigenvalue weighted by molar-refractivity contribution is -0.143. The molecule has 2 N–H and O–H groups in total. The minimum atomic E-state index is -0.660. The number of piperidine rings is 1. The number of carboxylic acid groups (broad SMARTS) is 2. The molecule has 3 aromatic rings. The van der Waals surface area contributed by atoms with Gasteiger partial charge in [0.25, 0.3) is 6.47 Å². The molecule has 3 aromatic carbocycles. The van der Waals surface area contributed by atoms with E-state index in [4.69, 9.17) is 33.1 Å². The van der Waals surface area contributed by atoms with Crippen LogP contribution < -0.4 is 4.90 Å². The molecule has 184 valence electrons. The first-order chi connectivity index (χ1) is 16.9. The van der Waals surface area contributed by atoms with E-state index in [9.17, 15) is 9.90 Å². The van der Waals surface area contributed by atoms with Crippen LogP contribution >= 0.6 is 23.2 Å². The number of fused-ring (bicyclic) bond motifs is 1. The molecule has 0 unspecified atom stereocenters. The summed E-state index contributed by atoms with van der Waals surface area (Å²) in [5.74, 6) is -0.418. The van der Waals surface area contributed by atoms with Crippen molar-refractivity contribution < 1.29 is 19.8 Å². The number of carboxylic acids is 1. The molecule has 5 rings (SSSR count). The van der Waals surface area contributed by atoms with Crippen molar-refractivity contribution >= 4 is 52.1 Å². The normalized spacial score (nSPS) is 16.9. The van der Waals surface area contributed by atoms with Crippen molar-refractivity contribution in [2.75, 3.05) is 31.1 Å². The highest BCUT2D eigenvalue weighted by Gasteiger charge is 2.32.